The molecule has 2 heterocycles. The predicted octanol–water partition coefficient (Wildman–Crippen LogP) is 0.534. The number of rotatable bonds is 6. The molecule has 2 aliphatic rings. The van der Waals surface area contributed by atoms with E-state index in [0.29, 0.717) is 19.1 Å². The average molecular weight is 347 g/mol. The predicted molar refractivity (Wildman–Crippen MR) is 97.3 cm³/mol. The zero-order valence-electron chi connectivity index (χ0n) is 14.9. The molecule has 2 aliphatic heterocycles. The van der Waals surface area contributed by atoms with Crippen molar-refractivity contribution in [1.29, 1.82) is 0 Å². The number of hydrazine groups is 1. The minimum Gasteiger partial charge on any atom is -0.379 e. The van der Waals surface area contributed by atoms with E-state index in [0.717, 1.165) is 39.3 Å². The van der Waals surface area contributed by atoms with Gasteiger partial charge in [-0.05, 0) is 18.9 Å². The molecule has 0 radical (unpaired) electrons. The van der Waals surface area contributed by atoms with Crippen molar-refractivity contribution in [1.82, 2.24) is 26.4 Å². The molecule has 0 bridgehead atoms. The van der Waals surface area contributed by atoms with Crippen LogP contribution in [0.1, 0.15) is 23.6 Å². The lowest BCUT2D eigenvalue weighted by Crippen LogP contribution is -2.47. The highest BCUT2D eigenvalue weighted by atomic mass is 16.5. The standard InChI is InChI=1S/C18H29N5O2/c1-14-3-2-4-15(11-14)17(23-7-9-25-10-8-23)13-20-18(24)19-12-16-5-6-21-22-16/h2-4,11,16-17,21-22H,5-10,12-13H2,1H3,(H2,19,20,24). The zero-order valence-corrected chi connectivity index (χ0v) is 14.9. The molecule has 25 heavy (non-hydrogen) atoms. The van der Waals surface area contributed by atoms with Gasteiger partial charge in [0, 0.05) is 38.8 Å². The largest absolute Gasteiger partial charge is 0.379 e. The summed E-state index contributed by atoms with van der Waals surface area (Å²) < 4.78 is 5.48. The molecule has 3 rings (SSSR count). The van der Waals surface area contributed by atoms with Crippen molar-refractivity contribution < 1.29 is 9.53 Å². The highest BCUT2D eigenvalue weighted by molar-refractivity contribution is 5.73. The van der Waals surface area contributed by atoms with Crippen LogP contribution in [0.15, 0.2) is 24.3 Å². The Kier molecular flexibility index (Phi) is 6.63. The molecular formula is C18H29N5O2. The third-order valence-corrected chi connectivity index (χ3v) is 4.80. The van der Waals surface area contributed by atoms with Gasteiger partial charge < -0.3 is 15.4 Å². The molecule has 2 amide bonds. The van der Waals surface area contributed by atoms with Gasteiger partial charge in [0.2, 0.25) is 0 Å². The molecule has 7 heteroatoms. The minimum absolute atomic E-state index is 0.111. The number of aryl methyl sites for hydroxylation is 1. The molecule has 1 aromatic rings. The number of morpholine rings is 1. The first-order chi connectivity index (χ1) is 12.2. The molecule has 2 atom stereocenters. The quantitative estimate of drug-likeness (QED) is 0.604. The summed E-state index contributed by atoms with van der Waals surface area (Å²) in [6, 6.07) is 8.88. The molecule has 2 saturated heterocycles. The lowest BCUT2D eigenvalue weighted by molar-refractivity contribution is 0.0167. The van der Waals surface area contributed by atoms with Crippen LogP contribution in [0.3, 0.4) is 0 Å². The van der Waals surface area contributed by atoms with Crippen LogP contribution in [0.2, 0.25) is 0 Å². The number of carbonyl (C=O) groups is 1. The molecule has 4 N–H and O–H groups in total. The van der Waals surface area contributed by atoms with Crippen LogP contribution in [-0.2, 0) is 4.74 Å². The zero-order chi connectivity index (χ0) is 17.5. The molecule has 0 saturated carbocycles. The summed E-state index contributed by atoms with van der Waals surface area (Å²) in [5.41, 5.74) is 8.70. The number of benzene rings is 1. The monoisotopic (exact) mass is 347 g/mol. The van der Waals surface area contributed by atoms with E-state index >= 15 is 0 Å². The first kappa shape index (κ1) is 18.1. The number of nitrogens with zero attached hydrogens (tertiary/aromatic N) is 1. The summed E-state index contributed by atoms with van der Waals surface area (Å²) in [5, 5.41) is 5.99. The molecule has 1 aromatic carbocycles. The van der Waals surface area contributed by atoms with Crippen LogP contribution < -0.4 is 21.5 Å². The van der Waals surface area contributed by atoms with E-state index in [4.69, 9.17) is 4.74 Å². The van der Waals surface area contributed by atoms with E-state index in [1.807, 2.05) is 0 Å². The average Bonchev–Trinajstić information content (AvgIpc) is 3.15. The highest BCUT2D eigenvalue weighted by Gasteiger charge is 2.23. The van der Waals surface area contributed by atoms with E-state index in [1.165, 1.54) is 11.1 Å². The summed E-state index contributed by atoms with van der Waals surface area (Å²) in [5.74, 6) is 0. The van der Waals surface area contributed by atoms with E-state index in [-0.39, 0.29) is 12.1 Å². The number of carbonyl (C=O) groups excluding carboxylic acids is 1. The molecule has 2 fully saturated rings. The fraction of sp³-hybridized carbons (Fsp3) is 0.611. The van der Waals surface area contributed by atoms with Gasteiger partial charge in [-0.1, -0.05) is 29.8 Å². The van der Waals surface area contributed by atoms with E-state index in [9.17, 15) is 4.79 Å². The first-order valence-corrected chi connectivity index (χ1v) is 9.11. The molecule has 0 spiro atoms. The fourth-order valence-electron chi connectivity index (χ4n) is 3.38. The Hall–Kier alpha value is -1.67. The Morgan fingerprint density at radius 2 is 2.20 bits per heavy atom. The molecule has 2 unspecified atom stereocenters. The summed E-state index contributed by atoms with van der Waals surface area (Å²) in [7, 11) is 0. The number of ether oxygens (including phenoxy) is 1. The van der Waals surface area contributed by atoms with Crippen molar-refractivity contribution in [3.05, 3.63) is 35.4 Å². The van der Waals surface area contributed by atoms with Crippen molar-refractivity contribution in [2.75, 3.05) is 45.9 Å². The highest BCUT2D eigenvalue weighted by Crippen LogP contribution is 2.22. The summed E-state index contributed by atoms with van der Waals surface area (Å²) >= 11 is 0. The Bertz CT molecular complexity index is 556. The lowest BCUT2D eigenvalue weighted by atomic mass is 10.0. The van der Waals surface area contributed by atoms with Gasteiger partial charge in [-0.3, -0.25) is 15.8 Å². The van der Waals surface area contributed by atoms with Gasteiger partial charge >= 0.3 is 6.03 Å². The Labute approximate surface area is 149 Å². The lowest BCUT2D eigenvalue weighted by Gasteiger charge is -2.35. The molecule has 0 aliphatic carbocycles. The molecule has 7 nitrogen and oxygen atoms in total. The van der Waals surface area contributed by atoms with E-state index in [2.05, 4.69) is 57.6 Å². The first-order valence-electron chi connectivity index (χ1n) is 9.11. The number of hydrogen-bond acceptors (Lipinski definition) is 5. The maximum Gasteiger partial charge on any atom is 0.314 e. The molecular weight excluding hydrogens is 318 g/mol. The second kappa shape index (κ2) is 9.15. The van der Waals surface area contributed by atoms with Crippen molar-refractivity contribution >= 4 is 6.03 Å². The van der Waals surface area contributed by atoms with Crippen molar-refractivity contribution in [2.45, 2.75) is 25.4 Å². The number of hydrogen-bond donors (Lipinski definition) is 4. The topological polar surface area (TPSA) is 77.7 Å². The van der Waals surface area contributed by atoms with Gasteiger partial charge in [-0.25, -0.2) is 4.79 Å². The maximum atomic E-state index is 12.2. The van der Waals surface area contributed by atoms with Crippen molar-refractivity contribution in [2.24, 2.45) is 0 Å². The number of nitrogens with one attached hydrogen (secondary N) is 4. The second-order valence-corrected chi connectivity index (χ2v) is 6.73. The maximum absolute atomic E-state index is 12.2. The van der Waals surface area contributed by atoms with Gasteiger partial charge in [0.15, 0.2) is 0 Å². The van der Waals surface area contributed by atoms with Gasteiger partial charge in [0.1, 0.15) is 0 Å². The summed E-state index contributed by atoms with van der Waals surface area (Å²) in [6.45, 7) is 7.53. The SMILES string of the molecule is Cc1cccc(C(CNC(=O)NCC2CCNN2)N2CCOCC2)c1. The Morgan fingerprint density at radius 1 is 1.36 bits per heavy atom. The van der Waals surface area contributed by atoms with Gasteiger partial charge in [-0.15, -0.1) is 0 Å². The third kappa shape index (κ3) is 5.40. The van der Waals surface area contributed by atoms with Crippen molar-refractivity contribution in [3.8, 4) is 0 Å². The third-order valence-electron chi connectivity index (χ3n) is 4.80. The summed E-state index contributed by atoms with van der Waals surface area (Å²) in [6.07, 6.45) is 1.03. The normalized spacial score (nSPS) is 22.5. The molecule has 138 valence electrons. The van der Waals surface area contributed by atoms with E-state index < -0.39 is 0 Å². The van der Waals surface area contributed by atoms with Crippen LogP contribution in [0.25, 0.3) is 0 Å². The van der Waals surface area contributed by atoms with E-state index in [1.54, 1.807) is 0 Å². The Balaban J connectivity index is 1.56. The van der Waals surface area contributed by atoms with Gasteiger partial charge in [0.05, 0.1) is 19.3 Å². The summed E-state index contributed by atoms with van der Waals surface area (Å²) in [4.78, 5) is 14.6. The van der Waals surface area contributed by atoms with Crippen LogP contribution in [0.4, 0.5) is 4.79 Å². The van der Waals surface area contributed by atoms with Crippen LogP contribution in [-0.4, -0.2) is 62.9 Å². The second-order valence-electron chi connectivity index (χ2n) is 6.73. The van der Waals surface area contributed by atoms with Crippen LogP contribution in [0.5, 0.6) is 0 Å². The van der Waals surface area contributed by atoms with Gasteiger partial charge in [0.25, 0.3) is 0 Å². The van der Waals surface area contributed by atoms with Crippen LogP contribution in [0, 0.1) is 6.92 Å². The van der Waals surface area contributed by atoms with Crippen LogP contribution >= 0.6 is 0 Å². The number of urea groups is 1. The fourth-order valence-corrected chi connectivity index (χ4v) is 3.38. The minimum atomic E-state index is -0.111. The number of amides is 2. The van der Waals surface area contributed by atoms with Crippen molar-refractivity contribution in [3.63, 3.8) is 0 Å². The smallest absolute Gasteiger partial charge is 0.314 e. The Morgan fingerprint density at radius 3 is 2.92 bits per heavy atom. The molecule has 0 aromatic heterocycles. The van der Waals surface area contributed by atoms with Gasteiger partial charge in [-0.2, -0.15) is 0 Å².